The van der Waals surface area contributed by atoms with Gasteiger partial charge in [0, 0.05) is 4.91 Å². The van der Waals surface area contributed by atoms with Crippen LogP contribution in [0.3, 0.4) is 0 Å². The van der Waals surface area contributed by atoms with E-state index < -0.39 is 0 Å². The lowest BCUT2D eigenvalue weighted by molar-refractivity contribution is 0.00578. The smallest absolute Gasteiger partial charge is 0.399 e. The maximum absolute atomic E-state index is 8.46. The number of nitrogens with zero attached hydrogens (tertiary/aromatic N) is 3. The summed E-state index contributed by atoms with van der Waals surface area (Å²) in [6.45, 7) is 10.00. The zero-order valence-corrected chi connectivity index (χ0v) is 12.6. The number of hydrogen-bond donors (Lipinski definition) is 0. The summed E-state index contributed by atoms with van der Waals surface area (Å²) in [4.78, 5) is 2.83. The fourth-order valence-corrected chi connectivity index (χ4v) is 2.05. The molecule has 0 saturated carbocycles. The van der Waals surface area contributed by atoms with Crippen LogP contribution < -0.4 is 5.46 Å². The molecule has 0 spiro atoms. The highest BCUT2D eigenvalue weighted by atomic mass is 16.7. The molecule has 1 unspecified atom stereocenters. The van der Waals surface area contributed by atoms with Crippen LogP contribution >= 0.6 is 0 Å². The number of hydrogen-bond acceptors (Lipinski definition) is 3. The molecule has 1 aliphatic rings. The number of benzene rings is 1. The molecule has 106 valence electrons. The van der Waals surface area contributed by atoms with Gasteiger partial charge in [-0.15, -0.1) is 0 Å². The maximum atomic E-state index is 8.46. The van der Waals surface area contributed by atoms with Crippen molar-refractivity contribution in [1.82, 2.24) is 0 Å². The van der Waals surface area contributed by atoms with Gasteiger partial charge in [0.2, 0.25) is 0 Å². The second kappa shape index (κ2) is 5.13. The molecule has 1 fully saturated rings. The van der Waals surface area contributed by atoms with Crippen molar-refractivity contribution < 1.29 is 9.31 Å². The molecular weight excluding hydrogens is 253 g/mol. The van der Waals surface area contributed by atoms with Crippen LogP contribution in [0.1, 0.15) is 46.2 Å². The summed E-state index contributed by atoms with van der Waals surface area (Å²) in [5.74, 6) is 0. The zero-order chi connectivity index (χ0) is 15.0. The summed E-state index contributed by atoms with van der Waals surface area (Å²) >= 11 is 0. The minimum absolute atomic E-state index is 0.174. The van der Waals surface area contributed by atoms with Gasteiger partial charge in [-0.25, -0.2) is 0 Å². The summed E-state index contributed by atoms with van der Waals surface area (Å²) in [7, 11) is -0.358. The van der Waals surface area contributed by atoms with E-state index in [9.17, 15) is 0 Å². The molecule has 1 aromatic rings. The van der Waals surface area contributed by atoms with E-state index in [1.807, 2.05) is 58.9 Å². The van der Waals surface area contributed by atoms with Gasteiger partial charge >= 0.3 is 7.12 Å². The molecule has 0 bridgehead atoms. The quantitative estimate of drug-likeness (QED) is 0.367. The van der Waals surface area contributed by atoms with Crippen molar-refractivity contribution in [3.63, 3.8) is 0 Å². The molecule has 1 saturated heterocycles. The molecule has 1 aromatic carbocycles. The van der Waals surface area contributed by atoms with E-state index in [0.717, 1.165) is 11.0 Å². The molecule has 2 rings (SSSR count). The van der Waals surface area contributed by atoms with Crippen molar-refractivity contribution in [3.8, 4) is 0 Å². The van der Waals surface area contributed by atoms with E-state index in [1.165, 1.54) is 0 Å². The highest BCUT2D eigenvalue weighted by Crippen LogP contribution is 2.36. The molecule has 0 amide bonds. The second-order valence-corrected chi connectivity index (χ2v) is 6.14. The summed E-state index contributed by atoms with van der Waals surface area (Å²) in [5, 5.41) is 3.69. The average molecular weight is 273 g/mol. The Bertz CT molecular complexity index is 520. The van der Waals surface area contributed by atoms with Gasteiger partial charge in [-0.1, -0.05) is 36.3 Å². The van der Waals surface area contributed by atoms with Crippen LogP contribution in [-0.4, -0.2) is 18.3 Å². The van der Waals surface area contributed by atoms with Crippen LogP contribution in [0.25, 0.3) is 10.4 Å². The van der Waals surface area contributed by atoms with Gasteiger partial charge in [0.1, 0.15) is 0 Å². The lowest BCUT2D eigenvalue weighted by atomic mass is 9.78. The summed E-state index contributed by atoms with van der Waals surface area (Å²) in [6.07, 6.45) is 0. The van der Waals surface area contributed by atoms with E-state index in [4.69, 9.17) is 14.8 Å². The molecule has 6 heteroatoms. The lowest BCUT2D eigenvalue weighted by Crippen LogP contribution is -2.41. The molecular formula is C14H20BN3O2. The molecule has 1 heterocycles. The Balaban J connectivity index is 2.18. The maximum Gasteiger partial charge on any atom is 0.494 e. The fourth-order valence-electron chi connectivity index (χ4n) is 2.05. The van der Waals surface area contributed by atoms with Crippen LogP contribution in [0, 0.1) is 0 Å². The molecule has 0 N–H and O–H groups in total. The van der Waals surface area contributed by atoms with E-state index in [1.54, 1.807) is 0 Å². The minimum Gasteiger partial charge on any atom is -0.399 e. The Hall–Kier alpha value is -1.49. The Morgan fingerprint density at radius 1 is 1.10 bits per heavy atom. The first kappa shape index (κ1) is 14.9. The predicted molar refractivity (Wildman–Crippen MR) is 79.7 cm³/mol. The molecule has 0 aromatic heterocycles. The van der Waals surface area contributed by atoms with Crippen LogP contribution in [0.4, 0.5) is 0 Å². The monoisotopic (exact) mass is 273 g/mol. The van der Waals surface area contributed by atoms with Crippen molar-refractivity contribution in [3.05, 3.63) is 40.3 Å². The van der Waals surface area contributed by atoms with Gasteiger partial charge in [-0.2, -0.15) is 0 Å². The molecule has 0 radical (unpaired) electrons. The molecule has 0 aliphatic carbocycles. The summed E-state index contributed by atoms with van der Waals surface area (Å²) < 4.78 is 12.0. The van der Waals surface area contributed by atoms with Crippen molar-refractivity contribution in [2.45, 2.75) is 51.9 Å². The van der Waals surface area contributed by atoms with E-state index >= 15 is 0 Å². The second-order valence-electron chi connectivity index (χ2n) is 6.14. The standard InChI is InChI=1S/C14H20BN3O2/c1-10(17-18-16)11-6-8-12(9-7-11)15-19-13(2,3)14(4,5)20-15/h6-10H,1-5H3. The van der Waals surface area contributed by atoms with Crippen molar-refractivity contribution in [2.24, 2.45) is 5.11 Å². The van der Waals surface area contributed by atoms with Crippen LogP contribution in [0.15, 0.2) is 29.4 Å². The van der Waals surface area contributed by atoms with Gasteiger partial charge in [-0.05, 0) is 44.3 Å². The summed E-state index contributed by atoms with van der Waals surface area (Å²) in [6, 6.07) is 7.63. The molecule has 1 atom stereocenters. The van der Waals surface area contributed by atoms with E-state index in [-0.39, 0.29) is 24.4 Å². The first-order valence-corrected chi connectivity index (χ1v) is 6.76. The topological polar surface area (TPSA) is 67.2 Å². The first-order chi connectivity index (χ1) is 9.27. The van der Waals surface area contributed by atoms with Gasteiger partial charge in [-0.3, -0.25) is 0 Å². The molecule has 5 nitrogen and oxygen atoms in total. The first-order valence-electron chi connectivity index (χ1n) is 6.76. The van der Waals surface area contributed by atoms with Gasteiger partial charge in [0.25, 0.3) is 0 Å². The van der Waals surface area contributed by atoms with Crippen molar-refractivity contribution in [2.75, 3.05) is 0 Å². The fraction of sp³-hybridized carbons (Fsp3) is 0.571. The number of rotatable bonds is 3. The lowest BCUT2D eigenvalue weighted by Gasteiger charge is -2.32. The highest BCUT2D eigenvalue weighted by molar-refractivity contribution is 6.62. The average Bonchev–Trinajstić information content (AvgIpc) is 2.59. The Kier molecular flexibility index (Phi) is 3.83. The highest BCUT2D eigenvalue weighted by Gasteiger charge is 2.51. The normalized spacial score (nSPS) is 21.4. The van der Waals surface area contributed by atoms with Crippen LogP contribution in [0.5, 0.6) is 0 Å². The van der Waals surface area contributed by atoms with Gasteiger partial charge < -0.3 is 9.31 Å². The van der Waals surface area contributed by atoms with Gasteiger partial charge in [0.15, 0.2) is 0 Å². The minimum atomic E-state index is -0.358. The van der Waals surface area contributed by atoms with Gasteiger partial charge in [0.05, 0.1) is 17.2 Å². The van der Waals surface area contributed by atoms with Crippen molar-refractivity contribution >= 4 is 12.6 Å². The van der Waals surface area contributed by atoms with Crippen molar-refractivity contribution in [1.29, 1.82) is 0 Å². The SMILES string of the molecule is CC(N=[N+]=[N-])c1ccc(B2OC(C)(C)C(C)(C)O2)cc1. The predicted octanol–water partition coefficient (Wildman–Crippen LogP) is 3.36. The zero-order valence-electron chi connectivity index (χ0n) is 12.6. The largest absolute Gasteiger partial charge is 0.494 e. The van der Waals surface area contributed by atoms with E-state index in [2.05, 4.69) is 10.0 Å². The van der Waals surface area contributed by atoms with Crippen LogP contribution in [0.2, 0.25) is 0 Å². The third-order valence-electron chi connectivity index (χ3n) is 4.17. The third-order valence-corrected chi connectivity index (χ3v) is 4.17. The molecule has 20 heavy (non-hydrogen) atoms. The summed E-state index contributed by atoms with van der Waals surface area (Å²) in [5.41, 5.74) is 9.73. The Labute approximate surface area is 120 Å². The molecule has 1 aliphatic heterocycles. The third kappa shape index (κ3) is 2.68. The van der Waals surface area contributed by atoms with E-state index in [0.29, 0.717) is 0 Å². The Morgan fingerprint density at radius 3 is 2.05 bits per heavy atom. The number of azide groups is 1. The Morgan fingerprint density at radius 2 is 1.60 bits per heavy atom. The van der Waals surface area contributed by atoms with Crippen LogP contribution in [-0.2, 0) is 9.31 Å².